The SMILES string of the molecule is COc1ccc2c(c1)CCc1c-2[nH]c2ccc(C)cc12. The second kappa shape index (κ2) is 4.14. The number of benzene rings is 2. The Hall–Kier alpha value is -2.22. The van der Waals surface area contributed by atoms with Crippen molar-refractivity contribution < 1.29 is 4.74 Å². The van der Waals surface area contributed by atoms with E-state index in [-0.39, 0.29) is 0 Å². The summed E-state index contributed by atoms with van der Waals surface area (Å²) >= 11 is 0. The topological polar surface area (TPSA) is 25.0 Å². The number of aromatic nitrogens is 1. The average Bonchev–Trinajstić information content (AvgIpc) is 2.84. The lowest BCUT2D eigenvalue weighted by Crippen LogP contribution is -2.03. The number of ether oxygens (including phenoxy) is 1. The summed E-state index contributed by atoms with van der Waals surface area (Å²) < 4.78 is 5.33. The van der Waals surface area contributed by atoms with Crippen LogP contribution in [0.5, 0.6) is 5.75 Å². The molecule has 0 fully saturated rings. The number of methoxy groups -OCH3 is 1. The zero-order chi connectivity index (χ0) is 13.7. The smallest absolute Gasteiger partial charge is 0.119 e. The summed E-state index contributed by atoms with van der Waals surface area (Å²) in [5.74, 6) is 0.944. The zero-order valence-corrected chi connectivity index (χ0v) is 11.8. The molecule has 4 rings (SSSR count). The van der Waals surface area contributed by atoms with Gasteiger partial charge in [-0.3, -0.25) is 0 Å². The molecule has 1 aliphatic carbocycles. The van der Waals surface area contributed by atoms with Crippen LogP contribution in [0.2, 0.25) is 0 Å². The van der Waals surface area contributed by atoms with Crippen molar-refractivity contribution in [3.05, 3.63) is 53.1 Å². The Balaban J connectivity index is 1.98. The second-order valence-corrected chi connectivity index (χ2v) is 5.55. The van der Waals surface area contributed by atoms with Gasteiger partial charge in [-0.25, -0.2) is 0 Å². The molecular weight excluding hydrogens is 246 g/mol. The number of nitrogens with one attached hydrogen (secondary N) is 1. The first-order chi connectivity index (χ1) is 9.76. The van der Waals surface area contributed by atoms with Gasteiger partial charge >= 0.3 is 0 Å². The van der Waals surface area contributed by atoms with Crippen LogP contribution in [0, 0.1) is 6.92 Å². The molecule has 2 aromatic carbocycles. The molecule has 0 unspecified atom stereocenters. The Labute approximate surface area is 118 Å². The van der Waals surface area contributed by atoms with E-state index in [0.29, 0.717) is 0 Å². The first-order valence-electron chi connectivity index (χ1n) is 7.05. The van der Waals surface area contributed by atoms with Gasteiger partial charge in [0, 0.05) is 22.2 Å². The van der Waals surface area contributed by atoms with Crippen molar-refractivity contribution >= 4 is 10.9 Å². The minimum Gasteiger partial charge on any atom is -0.497 e. The van der Waals surface area contributed by atoms with Gasteiger partial charge in [-0.2, -0.15) is 0 Å². The van der Waals surface area contributed by atoms with Crippen molar-refractivity contribution in [1.82, 2.24) is 4.98 Å². The molecule has 3 aromatic rings. The molecule has 1 heterocycles. The van der Waals surface area contributed by atoms with Gasteiger partial charge < -0.3 is 9.72 Å². The van der Waals surface area contributed by atoms with Crippen LogP contribution in [-0.2, 0) is 12.8 Å². The van der Waals surface area contributed by atoms with E-state index in [2.05, 4.69) is 42.2 Å². The van der Waals surface area contributed by atoms with E-state index in [1.807, 2.05) is 6.07 Å². The summed E-state index contributed by atoms with van der Waals surface area (Å²) in [6.45, 7) is 2.15. The quantitative estimate of drug-likeness (QED) is 0.697. The Bertz CT molecular complexity index is 814. The van der Waals surface area contributed by atoms with E-state index < -0.39 is 0 Å². The Morgan fingerprint density at radius 1 is 1.05 bits per heavy atom. The number of rotatable bonds is 1. The fourth-order valence-electron chi connectivity index (χ4n) is 3.26. The van der Waals surface area contributed by atoms with Crippen LogP contribution in [0.15, 0.2) is 36.4 Å². The predicted molar refractivity (Wildman–Crippen MR) is 82.4 cm³/mol. The third-order valence-corrected chi connectivity index (χ3v) is 4.29. The van der Waals surface area contributed by atoms with Crippen molar-refractivity contribution in [3.8, 4) is 17.0 Å². The Morgan fingerprint density at radius 2 is 1.95 bits per heavy atom. The molecule has 100 valence electrons. The summed E-state index contributed by atoms with van der Waals surface area (Å²) in [6, 6.07) is 13.0. The van der Waals surface area contributed by atoms with Crippen LogP contribution in [0.4, 0.5) is 0 Å². The van der Waals surface area contributed by atoms with Crippen molar-refractivity contribution in [3.63, 3.8) is 0 Å². The van der Waals surface area contributed by atoms with E-state index in [1.165, 1.54) is 38.9 Å². The first kappa shape index (κ1) is 11.6. The van der Waals surface area contributed by atoms with Crippen LogP contribution in [0.1, 0.15) is 16.7 Å². The molecule has 1 aliphatic rings. The van der Waals surface area contributed by atoms with E-state index in [4.69, 9.17) is 4.74 Å². The Kier molecular flexibility index (Phi) is 2.40. The van der Waals surface area contributed by atoms with Crippen molar-refractivity contribution in [1.29, 1.82) is 0 Å². The molecule has 0 bridgehead atoms. The highest BCUT2D eigenvalue weighted by Crippen LogP contribution is 2.38. The zero-order valence-electron chi connectivity index (χ0n) is 11.8. The van der Waals surface area contributed by atoms with Crippen LogP contribution in [-0.4, -0.2) is 12.1 Å². The van der Waals surface area contributed by atoms with Gasteiger partial charge in [0.25, 0.3) is 0 Å². The highest BCUT2D eigenvalue weighted by molar-refractivity contribution is 5.92. The van der Waals surface area contributed by atoms with Gasteiger partial charge in [0.15, 0.2) is 0 Å². The van der Waals surface area contributed by atoms with E-state index in [0.717, 1.165) is 18.6 Å². The molecule has 1 N–H and O–H groups in total. The number of hydrogen-bond acceptors (Lipinski definition) is 1. The highest BCUT2D eigenvalue weighted by atomic mass is 16.5. The van der Waals surface area contributed by atoms with Crippen molar-refractivity contribution in [2.24, 2.45) is 0 Å². The lowest BCUT2D eigenvalue weighted by molar-refractivity contribution is 0.414. The van der Waals surface area contributed by atoms with E-state index in [9.17, 15) is 0 Å². The molecule has 20 heavy (non-hydrogen) atoms. The number of aryl methyl sites for hydroxylation is 3. The molecule has 0 radical (unpaired) electrons. The largest absolute Gasteiger partial charge is 0.497 e. The minimum atomic E-state index is 0.944. The summed E-state index contributed by atoms with van der Waals surface area (Å²) in [5.41, 5.74) is 8.00. The van der Waals surface area contributed by atoms with Gasteiger partial charge in [0.1, 0.15) is 5.75 Å². The van der Waals surface area contributed by atoms with Crippen LogP contribution < -0.4 is 4.74 Å². The second-order valence-electron chi connectivity index (χ2n) is 5.55. The monoisotopic (exact) mass is 263 g/mol. The molecule has 0 aliphatic heterocycles. The third kappa shape index (κ3) is 1.58. The average molecular weight is 263 g/mol. The van der Waals surface area contributed by atoms with Gasteiger partial charge in [0.2, 0.25) is 0 Å². The molecule has 0 spiro atoms. The summed E-state index contributed by atoms with van der Waals surface area (Å²) in [6.07, 6.45) is 2.18. The maximum Gasteiger partial charge on any atom is 0.119 e. The lowest BCUT2D eigenvalue weighted by atomic mass is 9.89. The molecule has 0 amide bonds. The van der Waals surface area contributed by atoms with Gasteiger partial charge in [0.05, 0.1) is 7.11 Å². The first-order valence-corrected chi connectivity index (χ1v) is 7.05. The fourth-order valence-corrected chi connectivity index (χ4v) is 3.26. The lowest BCUT2D eigenvalue weighted by Gasteiger charge is -2.17. The van der Waals surface area contributed by atoms with Crippen LogP contribution in [0.3, 0.4) is 0 Å². The molecule has 0 atom stereocenters. The van der Waals surface area contributed by atoms with Gasteiger partial charge in [-0.1, -0.05) is 11.6 Å². The molecule has 2 nitrogen and oxygen atoms in total. The summed E-state index contributed by atoms with van der Waals surface area (Å²) in [7, 11) is 1.72. The highest BCUT2D eigenvalue weighted by Gasteiger charge is 2.20. The number of hydrogen-bond donors (Lipinski definition) is 1. The standard InChI is InChI=1S/C18H17NO/c1-11-3-8-17-16(9-11)15-6-4-12-10-13(20-2)5-7-14(12)18(15)19-17/h3,5,7-10,19H,4,6H2,1-2H3. The minimum absolute atomic E-state index is 0.944. The maximum atomic E-state index is 5.33. The molecule has 0 saturated carbocycles. The maximum absolute atomic E-state index is 5.33. The normalized spacial score (nSPS) is 13.1. The molecule has 2 heteroatoms. The van der Waals surface area contributed by atoms with Crippen molar-refractivity contribution in [2.75, 3.05) is 7.11 Å². The summed E-state index contributed by atoms with van der Waals surface area (Å²) in [4.78, 5) is 3.60. The van der Waals surface area contributed by atoms with Crippen LogP contribution in [0.25, 0.3) is 22.2 Å². The summed E-state index contributed by atoms with van der Waals surface area (Å²) in [5, 5.41) is 1.38. The molecular formula is C18H17NO. The Morgan fingerprint density at radius 3 is 2.80 bits per heavy atom. The third-order valence-electron chi connectivity index (χ3n) is 4.29. The number of aromatic amines is 1. The van der Waals surface area contributed by atoms with Gasteiger partial charge in [-0.05, 0) is 61.2 Å². The number of H-pyrrole nitrogens is 1. The number of fused-ring (bicyclic) bond motifs is 5. The fraction of sp³-hybridized carbons (Fsp3) is 0.222. The van der Waals surface area contributed by atoms with Crippen molar-refractivity contribution in [2.45, 2.75) is 19.8 Å². The molecule has 0 saturated heterocycles. The van der Waals surface area contributed by atoms with E-state index >= 15 is 0 Å². The van der Waals surface area contributed by atoms with Crippen LogP contribution >= 0.6 is 0 Å². The van der Waals surface area contributed by atoms with E-state index in [1.54, 1.807) is 7.11 Å². The molecule has 1 aromatic heterocycles. The van der Waals surface area contributed by atoms with Gasteiger partial charge in [-0.15, -0.1) is 0 Å². The predicted octanol–water partition coefficient (Wildman–Crippen LogP) is 4.25.